The number of aromatic nitrogens is 3. The Balaban J connectivity index is 1.33. The third-order valence-electron chi connectivity index (χ3n) is 4.71. The highest BCUT2D eigenvalue weighted by molar-refractivity contribution is 7.99. The van der Waals surface area contributed by atoms with Crippen molar-refractivity contribution >= 4 is 29.3 Å². The van der Waals surface area contributed by atoms with Gasteiger partial charge < -0.3 is 24.7 Å². The molecule has 0 aliphatic carbocycles. The van der Waals surface area contributed by atoms with Crippen molar-refractivity contribution in [1.29, 1.82) is 0 Å². The Labute approximate surface area is 187 Å². The number of hydrogen-bond donors (Lipinski definition) is 2. The van der Waals surface area contributed by atoms with Gasteiger partial charge in [-0.05, 0) is 31.2 Å². The topological polar surface area (TPSA) is 107 Å². The number of fused-ring (bicyclic) bond motifs is 1. The van der Waals surface area contributed by atoms with Crippen LogP contribution in [0.1, 0.15) is 29.1 Å². The number of nitrogens with zero attached hydrogens (tertiary/aromatic N) is 3. The number of benzene rings is 2. The maximum absolute atomic E-state index is 13.8. The lowest BCUT2D eigenvalue weighted by Gasteiger charge is -2.14. The second-order valence-corrected chi connectivity index (χ2v) is 7.92. The second-order valence-electron chi connectivity index (χ2n) is 6.98. The molecule has 166 valence electrons. The van der Waals surface area contributed by atoms with Crippen molar-refractivity contribution in [1.82, 2.24) is 20.1 Å². The molecule has 0 saturated carbocycles. The average Bonchev–Trinajstić information content (AvgIpc) is 3.38. The van der Waals surface area contributed by atoms with E-state index in [-0.39, 0.29) is 24.0 Å². The number of rotatable bonds is 7. The number of carbonyl (C=O) groups excluding carboxylic acids is 2. The summed E-state index contributed by atoms with van der Waals surface area (Å²) in [6.45, 7) is 1.89. The molecule has 0 spiro atoms. The summed E-state index contributed by atoms with van der Waals surface area (Å²) in [5.41, 5.74) is 0.555. The highest BCUT2D eigenvalue weighted by Gasteiger charge is 2.20. The summed E-state index contributed by atoms with van der Waals surface area (Å²) in [5, 5.41) is 14.2. The van der Waals surface area contributed by atoms with Gasteiger partial charge in [0.15, 0.2) is 22.5 Å². The van der Waals surface area contributed by atoms with Gasteiger partial charge in [0.2, 0.25) is 12.7 Å². The summed E-state index contributed by atoms with van der Waals surface area (Å²) in [7, 11) is 1.74. The molecular weight excluding hydrogens is 437 g/mol. The van der Waals surface area contributed by atoms with Crippen LogP contribution >= 0.6 is 11.8 Å². The summed E-state index contributed by atoms with van der Waals surface area (Å²) in [6.07, 6.45) is 0. The van der Waals surface area contributed by atoms with Crippen LogP contribution in [-0.4, -0.2) is 39.1 Å². The zero-order valence-electron chi connectivity index (χ0n) is 17.3. The van der Waals surface area contributed by atoms with Crippen LogP contribution in [0.25, 0.3) is 0 Å². The first-order valence-electron chi connectivity index (χ1n) is 9.69. The fraction of sp³-hybridized carbons (Fsp3) is 0.238. The van der Waals surface area contributed by atoms with E-state index in [2.05, 4.69) is 20.8 Å². The normalized spacial score (nSPS) is 13.0. The van der Waals surface area contributed by atoms with E-state index in [1.54, 1.807) is 42.8 Å². The molecule has 0 saturated heterocycles. The minimum atomic E-state index is -0.597. The largest absolute Gasteiger partial charge is 0.454 e. The SMILES string of the molecule is C[C@H](NC(=O)c1ccccc1F)c1nnc(SCC(=O)Nc2ccc3c(c2)OCO3)n1C. The summed E-state index contributed by atoms with van der Waals surface area (Å²) >= 11 is 1.20. The van der Waals surface area contributed by atoms with Crippen LogP contribution in [0.5, 0.6) is 11.5 Å². The minimum absolute atomic E-state index is 0.0451. The van der Waals surface area contributed by atoms with Crippen LogP contribution in [0.3, 0.4) is 0 Å². The van der Waals surface area contributed by atoms with E-state index in [0.29, 0.717) is 28.2 Å². The van der Waals surface area contributed by atoms with E-state index < -0.39 is 17.8 Å². The first-order chi connectivity index (χ1) is 15.4. The number of anilines is 1. The Kier molecular flexibility index (Phi) is 6.26. The number of halogens is 1. The van der Waals surface area contributed by atoms with Gasteiger partial charge >= 0.3 is 0 Å². The number of ether oxygens (including phenoxy) is 2. The van der Waals surface area contributed by atoms with Crippen LogP contribution in [0.15, 0.2) is 47.6 Å². The van der Waals surface area contributed by atoms with Crippen LogP contribution < -0.4 is 20.1 Å². The van der Waals surface area contributed by atoms with Gasteiger partial charge in [-0.15, -0.1) is 10.2 Å². The Hall–Kier alpha value is -3.60. The highest BCUT2D eigenvalue weighted by Crippen LogP contribution is 2.34. The van der Waals surface area contributed by atoms with E-state index >= 15 is 0 Å². The Morgan fingerprint density at radius 1 is 1.19 bits per heavy atom. The van der Waals surface area contributed by atoms with E-state index in [1.165, 1.54) is 30.0 Å². The van der Waals surface area contributed by atoms with Crippen LogP contribution in [0, 0.1) is 5.82 Å². The van der Waals surface area contributed by atoms with Crippen molar-refractivity contribution in [2.75, 3.05) is 17.9 Å². The lowest BCUT2D eigenvalue weighted by atomic mass is 10.2. The van der Waals surface area contributed by atoms with Gasteiger partial charge in [-0.25, -0.2) is 4.39 Å². The predicted octanol–water partition coefficient (Wildman–Crippen LogP) is 2.90. The lowest BCUT2D eigenvalue weighted by Crippen LogP contribution is -2.29. The third-order valence-corrected chi connectivity index (χ3v) is 5.73. The molecule has 2 amide bonds. The van der Waals surface area contributed by atoms with Crippen LogP contribution in [0.2, 0.25) is 0 Å². The molecule has 3 aromatic rings. The quantitative estimate of drug-likeness (QED) is 0.525. The minimum Gasteiger partial charge on any atom is -0.454 e. The zero-order chi connectivity index (χ0) is 22.7. The van der Waals surface area contributed by atoms with E-state index in [4.69, 9.17) is 9.47 Å². The molecule has 1 aliphatic heterocycles. The molecule has 1 aromatic heterocycles. The number of amides is 2. The standard InChI is InChI=1S/C21H20FN5O4S/c1-12(23-20(29)14-5-3-4-6-15(14)22)19-25-26-21(27(19)2)32-10-18(28)24-13-7-8-16-17(9-13)31-11-30-16/h3-9,12H,10-11H2,1-2H3,(H,23,29)(H,24,28)/t12-/m0/s1. The fourth-order valence-corrected chi connectivity index (χ4v) is 3.83. The fourth-order valence-electron chi connectivity index (χ4n) is 3.11. The molecule has 0 unspecified atom stereocenters. The molecule has 0 bridgehead atoms. The number of carbonyl (C=O) groups is 2. The molecule has 1 aliphatic rings. The summed E-state index contributed by atoms with van der Waals surface area (Å²) < 4.78 is 26.1. The summed E-state index contributed by atoms with van der Waals surface area (Å²) in [6, 6.07) is 10.4. The Bertz CT molecular complexity index is 1170. The molecule has 0 fully saturated rings. The number of thioether (sulfide) groups is 1. The van der Waals surface area contributed by atoms with Crippen molar-refractivity contribution in [3.05, 3.63) is 59.7 Å². The molecule has 9 nitrogen and oxygen atoms in total. The lowest BCUT2D eigenvalue weighted by molar-refractivity contribution is -0.113. The molecule has 1 atom stereocenters. The first-order valence-corrected chi connectivity index (χ1v) is 10.7. The van der Waals surface area contributed by atoms with Crippen molar-refractivity contribution in [2.45, 2.75) is 18.1 Å². The van der Waals surface area contributed by atoms with Crippen molar-refractivity contribution < 1.29 is 23.5 Å². The van der Waals surface area contributed by atoms with E-state index in [0.717, 1.165) is 0 Å². The van der Waals surface area contributed by atoms with Gasteiger partial charge in [-0.1, -0.05) is 23.9 Å². The summed E-state index contributed by atoms with van der Waals surface area (Å²) in [5.74, 6) is 0.444. The molecule has 32 heavy (non-hydrogen) atoms. The molecule has 11 heteroatoms. The van der Waals surface area contributed by atoms with Gasteiger partial charge in [-0.3, -0.25) is 9.59 Å². The monoisotopic (exact) mass is 457 g/mol. The van der Waals surface area contributed by atoms with Crippen molar-refractivity contribution in [3.63, 3.8) is 0 Å². The molecular formula is C21H20FN5O4S. The predicted molar refractivity (Wildman–Crippen MR) is 115 cm³/mol. The second kappa shape index (κ2) is 9.27. The van der Waals surface area contributed by atoms with E-state index in [9.17, 15) is 14.0 Å². The number of hydrogen-bond acceptors (Lipinski definition) is 7. The Morgan fingerprint density at radius 3 is 2.78 bits per heavy atom. The van der Waals surface area contributed by atoms with Gasteiger partial charge in [0, 0.05) is 18.8 Å². The molecule has 4 rings (SSSR count). The zero-order valence-corrected chi connectivity index (χ0v) is 18.1. The maximum Gasteiger partial charge on any atom is 0.254 e. The molecule has 2 aromatic carbocycles. The Morgan fingerprint density at radius 2 is 1.97 bits per heavy atom. The van der Waals surface area contributed by atoms with Crippen LogP contribution in [-0.2, 0) is 11.8 Å². The van der Waals surface area contributed by atoms with Gasteiger partial charge in [0.25, 0.3) is 5.91 Å². The van der Waals surface area contributed by atoms with Crippen molar-refractivity contribution in [2.24, 2.45) is 7.05 Å². The third kappa shape index (κ3) is 4.67. The van der Waals surface area contributed by atoms with Gasteiger partial charge in [0.05, 0.1) is 17.4 Å². The van der Waals surface area contributed by atoms with Crippen LogP contribution in [0.4, 0.5) is 10.1 Å². The maximum atomic E-state index is 13.8. The van der Waals surface area contributed by atoms with E-state index in [1.807, 2.05) is 0 Å². The number of nitrogens with one attached hydrogen (secondary N) is 2. The smallest absolute Gasteiger partial charge is 0.254 e. The van der Waals surface area contributed by atoms with Gasteiger partial charge in [-0.2, -0.15) is 0 Å². The average molecular weight is 457 g/mol. The molecule has 0 radical (unpaired) electrons. The summed E-state index contributed by atoms with van der Waals surface area (Å²) in [4.78, 5) is 24.7. The first kappa shape index (κ1) is 21.6. The highest BCUT2D eigenvalue weighted by atomic mass is 32.2. The van der Waals surface area contributed by atoms with Gasteiger partial charge in [0.1, 0.15) is 5.82 Å². The molecule has 2 heterocycles. The molecule has 2 N–H and O–H groups in total. The van der Waals surface area contributed by atoms with Crippen molar-refractivity contribution in [3.8, 4) is 11.5 Å².